The minimum atomic E-state index is -0.00765. The van der Waals surface area contributed by atoms with Gasteiger partial charge in [0.2, 0.25) is 0 Å². The van der Waals surface area contributed by atoms with Crippen molar-refractivity contribution in [1.82, 2.24) is 19.6 Å². The normalized spacial score (nSPS) is 22.8. The van der Waals surface area contributed by atoms with E-state index in [0.717, 1.165) is 24.1 Å². The second-order valence-corrected chi connectivity index (χ2v) is 5.48. The Labute approximate surface area is 111 Å². The molecule has 19 heavy (non-hydrogen) atoms. The SMILES string of the molecule is CC1CCC(n2nc(-c3cnn(C)c3)ccc2=O)C1. The fourth-order valence-electron chi connectivity index (χ4n) is 2.79. The molecular formula is C14H18N4O. The van der Waals surface area contributed by atoms with Gasteiger partial charge in [0.25, 0.3) is 5.56 Å². The first-order valence-corrected chi connectivity index (χ1v) is 6.72. The summed E-state index contributed by atoms with van der Waals surface area (Å²) in [5.41, 5.74) is 1.75. The highest BCUT2D eigenvalue weighted by Gasteiger charge is 2.24. The van der Waals surface area contributed by atoms with E-state index in [2.05, 4.69) is 17.1 Å². The van der Waals surface area contributed by atoms with E-state index in [9.17, 15) is 4.79 Å². The standard InChI is InChI=1S/C14H18N4O/c1-10-3-4-12(7-10)18-14(19)6-5-13(16-18)11-8-15-17(2)9-11/h5-6,8-10,12H,3-4,7H2,1-2H3. The molecule has 0 saturated heterocycles. The van der Waals surface area contributed by atoms with Crippen LogP contribution in [0, 0.1) is 5.92 Å². The van der Waals surface area contributed by atoms with E-state index < -0.39 is 0 Å². The van der Waals surface area contributed by atoms with Crippen LogP contribution in [0.15, 0.2) is 29.3 Å². The lowest BCUT2D eigenvalue weighted by Crippen LogP contribution is -2.25. The van der Waals surface area contributed by atoms with Gasteiger partial charge in [-0.25, -0.2) is 4.68 Å². The molecule has 0 radical (unpaired) electrons. The highest BCUT2D eigenvalue weighted by atomic mass is 16.1. The first kappa shape index (κ1) is 12.1. The van der Waals surface area contributed by atoms with Gasteiger partial charge < -0.3 is 0 Å². The van der Waals surface area contributed by atoms with Gasteiger partial charge in [0.15, 0.2) is 0 Å². The molecule has 1 fully saturated rings. The van der Waals surface area contributed by atoms with Crippen LogP contribution in [0.3, 0.4) is 0 Å². The van der Waals surface area contributed by atoms with Crippen LogP contribution in [0.5, 0.6) is 0 Å². The number of aromatic nitrogens is 4. The summed E-state index contributed by atoms with van der Waals surface area (Å²) in [5.74, 6) is 0.681. The zero-order chi connectivity index (χ0) is 13.4. The van der Waals surface area contributed by atoms with Crippen molar-refractivity contribution in [3.63, 3.8) is 0 Å². The molecular weight excluding hydrogens is 240 g/mol. The van der Waals surface area contributed by atoms with Crippen molar-refractivity contribution in [3.8, 4) is 11.3 Å². The van der Waals surface area contributed by atoms with Gasteiger partial charge in [0.05, 0.1) is 17.9 Å². The van der Waals surface area contributed by atoms with E-state index in [1.54, 1.807) is 27.7 Å². The molecule has 5 nitrogen and oxygen atoms in total. The first-order chi connectivity index (χ1) is 9.13. The number of rotatable bonds is 2. The molecule has 1 saturated carbocycles. The molecule has 0 spiro atoms. The van der Waals surface area contributed by atoms with Crippen LogP contribution < -0.4 is 5.56 Å². The summed E-state index contributed by atoms with van der Waals surface area (Å²) >= 11 is 0. The van der Waals surface area contributed by atoms with Crippen molar-refractivity contribution in [2.75, 3.05) is 0 Å². The Morgan fingerprint density at radius 3 is 2.79 bits per heavy atom. The molecule has 2 atom stereocenters. The second-order valence-electron chi connectivity index (χ2n) is 5.48. The van der Waals surface area contributed by atoms with E-state index >= 15 is 0 Å². The maximum atomic E-state index is 12.0. The van der Waals surface area contributed by atoms with Gasteiger partial charge in [-0.05, 0) is 31.2 Å². The summed E-state index contributed by atoms with van der Waals surface area (Å²) in [6, 6.07) is 3.63. The molecule has 100 valence electrons. The van der Waals surface area contributed by atoms with Crippen LogP contribution in [-0.4, -0.2) is 19.6 Å². The molecule has 0 aliphatic heterocycles. The maximum absolute atomic E-state index is 12.0. The van der Waals surface area contributed by atoms with Crippen LogP contribution in [0.1, 0.15) is 32.2 Å². The zero-order valence-electron chi connectivity index (χ0n) is 11.3. The Bertz CT molecular complexity index is 643. The molecule has 2 aromatic rings. The lowest BCUT2D eigenvalue weighted by atomic mass is 10.1. The first-order valence-electron chi connectivity index (χ1n) is 6.72. The van der Waals surface area contributed by atoms with E-state index in [-0.39, 0.29) is 11.6 Å². The Morgan fingerprint density at radius 2 is 2.16 bits per heavy atom. The summed E-state index contributed by atoms with van der Waals surface area (Å²) in [5, 5.41) is 8.67. The highest BCUT2D eigenvalue weighted by Crippen LogP contribution is 2.32. The lowest BCUT2D eigenvalue weighted by molar-refractivity contribution is 0.431. The van der Waals surface area contributed by atoms with E-state index in [1.807, 2.05) is 13.2 Å². The molecule has 0 amide bonds. The highest BCUT2D eigenvalue weighted by molar-refractivity contribution is 5.55. The zero-order valence-corrected chi connectivity index (χ0v) is 11.3. The lowest BCUT2D eigenvalue weighted by Gasteiger charge is -2.13. The number of aryl methyl sites for hydroxylation is 1. The molecule has 1 aliphatic carbocycles. The van der Waals surface area contributed by atoms with Crippen LogP contribution in [0.2, 0.25) is 0 Å². The van der Waals surface area contributed by atoms with Gasteiger partial charge in [0, 0.05) is 24.9 Å². The number of hydrogen-bond acceptors (Lipinski definition) is 3. The molecule has 0 bridgehead atoms. The van der Waals surface area contributed by atoms with E-state index in [0.29, 0.717) is 5.92 Å². The second kappa shape index (κ2) is 4.64. The average Bonchev–Trinajstić information content (AvgIpc) is 2.99. The van der Waals surface area contributed by atoms with Crippen LogP contribution in [-0.2, 0) is 7.05 Å². The van der Waals surface area contributed by atoms with Crippen LogP contribution in [0.4, 0.5) is 0 Å². The third kappa shape index (κ3) is 2.32. The van der Waals surface area contributed by atoms with Gasteiger partial charge in [0.1, 0.15) is 0 Å². The Morgan fingerprint density at radius 1 is 1.32 bits per heavy atom. The molecule has 0 N–H and O–H groups in total. The van der Waals surface area contributed by atoms with Gasteiger partial charge in [-0.1, -0.05) is 6.92 Å². The predicted molar refractivity (Wildman–Crippen MR) is 72.8 cm³/mol. The molecule has 2 heterocycles. The Hall–Kier alpha value is -1.91. The summed E-state index contributed by atoms with van der Waals surface area (Å²) in [6.07, 6.45) is 6.95. The van der Waals surface area contributed by atoms with Crippen molar-refractivity contribution < 1.29 is 0 Å². The largest absolute Gasteiger partial charge is 0.275 e. The van der Waals surface area contributed by atoms with Gasteiger partial charge in [-0.3, -0.25) is 9.48 Å². The topological polar surface area (TPSA) is 52.7 Å². The molecule has 3 rings (SSSR count). The smallest absolute Gasteiger partial charge is 0.267 e. The summed E-state index contributed by atoms with van der Waals surface area (Å²) in [4.78, 5) is 12.0. The minimum Gasteiger partial charge on any atom is -0.275 e. The van der Waals surface area contributed by atoms with E-state index in [1.165, 1.54) is 6.42 Å². The minimum absolute atomic E-state index is 0.00765. The van der Waals surface area contributed by atoms with Crippen LogP contribution >= 0.6 is 0 Å². The molecule has 1 aliphatic rings. The summed E-state index contributed by atoms with van der Waals surface area (Å²) < 4.78 is 3.40. The van der Waals surface area contributed by atoms with Gasteiger partial charge >= 0.3 is 0 Å². The van der Waals surface area contributed by atoms with E-state index in [4.69, 9.17) is 0 Å². The number of nitrogens with zero attached hydrogens (tertiary/aromatic N) is 4. The van der Waals surface area contributed by atoms with Gasteiger partial charge in [-0.15, -0.1) is 0 Å². The van der Waals surface area contributed by atoms with Crippen LogP contribution in [0.25, 0.3) is 11.3 Å². The molecule has 2 unspecified atom stereocenters. The number of hydrogen-bond donors (Lipinski definition) is 0. The summed E-state index contributed by atoms with van der Waals surface area (Å²) in [7, 11) is 1.87. The molecule has 0 aromatic carbocycles. The predicted octanol–water partition coefficient (Wildman–Crippen LogP) is 2.00. The molecule has 2 aromatic heterocycles. The van der Waals surface area contributed by atoms with Crippen molar-refractivity contribution in [2.45, 2.75) is 32.2 Å². The van der Waals surface area contributed by atoms with Crippen molar-refractivity contribution in [2.24, 2.45) is 13.0 Å². The maximum Gasteiger partial charge on any atom is 0.267 e. The Balaban J connectivity index is 1.99. The third-order valence-electron chi connectivity index (χ3n) is 3.84. The third-order valence-corrected chi connectivity index (χ3v) is 3.84. The fourth-order valence-corrected chi connectivity index (χ4v) is 2.79. The fraction of sp³-hybridized carbons (Fsp3) is 0.500. The monoisotopic (exact) mass is 258 g/mol. The van der Waals surface area contributed by atoms with Crippen molar-refractivity contribution in [3.05, 3.63) is 34.9 Å². The van der Waals surface area contributed by atoms with Crippen molar-refractivity contribution in [1.29, 1.82) is 0 Å². The molecule has 5 heteroatoms. The average molecular weight is 258 g/mol. The van der Waals surface area contributed by atoms with Gasteiger partial charge in [-0.2, -0.15) is 10.2 Å². The van der Waals surface area contributed by atoms with Crippen molar-refractivity contribution >= 4 is 0 Å². The quantitative estimate of drug-likeness (QED) is 0.828. The Kier molecular flexibility index (Phi) is 2.97. The summed E-state index contributed by atoms with van der Waals surface area (Å²) in [6.45, 7) is 2.23.